The minimum absolute atomic E-state index is 0.0183. The predicted octanol–water partition coefficient (Wildman–Crippen LogP) is 3.26. The number of hydrogen-bond donors (Lipinski definition) is 1. The van der Waals surface area contributed by atoms with Crippen LogP contribution in [0, 0.1) is 0 Å². The first-order chi connectivity index (χ1) is 8.16. The van der Waals surface area contributed by atoms with Crippen LogP contribution in [0.4, 0.5) is 0 Å². The highest BCUT2D eigenvalue weighted by Crippen LogP contribution is 2.25. The Morgan fingerprint density at radius 3 is 3.06 bits per heavy atom. The van der Waals surface area contributed by atoms with Gasteiger partial charge in [-0.15, -0.1) is 0 Å². The number of carbonyl (C=O) groups excluding carboxylic acids is 1. The quantitative estimate of drug-likeness (QED) is 0.880. The van der Waals surface area contributed by atoms with E-state index >= 15 is 0 Å². The first-order valence-electron chi connectivity index (χ1n) is 5.57. The molecule has 0 aliphatic rings. The monoisotopic (exact) mass is 295 g/mol. The molecule has 2 rings (SSSR count). The van der Waals surface area contributed by atoms with Crippen LogP contribution >= 0.6 is 15.9 Å². The van der Waals surface area contributed by atoms with Gasteiger partial charge in [-0.05, 0) is 36.6 Å². The van der Waals surface area contributed by atoms with E-state index in [9.17, 15) is 4.79 Å². The van der Waals surface area contributed by atoms with E-state index in [1.165, 1.54) is 12.5 Å². The van der Waals surface area contributed by atoms with Gasteiger partial charge in [-0.25, -0.2) is 0 Å². The van der Waals surface area contributed by atoms with Crippen LogP contribution in [0.5, 0.6) is 0 Å². The third-order valence-corrected chi connectivity index (χ3v) is 3.11. The number of nitrogens with one attached hydrogen (secondary N) is 1. The number of hydrogen-bond acceptors (Lipinski definition) is 2. The zero-order valence-electron chi connectivity index (χ0n) is 9.63. The van der Waals surface area contributed by atoms with E-state index in [-0.39, 0.29) is 5.91 Å². The lowest BCUT2D eigenvalue weighted by molar-refractivity contribution is -0.118. The van der Waals surface area contributed by atoms with Crippen molar-refractivity contribution in [1.29, 1.82) is 0 Å². The average Bonchev–Trinajstić information content (AvgIpc) is 2.67. The topological polar surface area (TPSA) is 42.2 Å². The first-order valence-corrected chi connectivity index (χ1v) is 6.36. The number of amides is 1. The van der Waals surface area contributed by atoms with Crippen LogP contribution in [0.1, 0.15) is 18.9 Å². The van der Waals surface area contributed by atoms with Gasteiger partial charge in [-0.2, -0.15) is 0 Å². The van der Waals surface area contributed by atoms with Gasteiger partial charge in [0.25, 0.3) is 0 Å². The van der Waals surface area contributed by atoms with Crippen molar-refractivity contribution in [3.05, 3.63) is 34.5 Å². The maximum absolute atomic E-state index is 10.7. The lowest BCUT2D eigenvalue weighted by Crippen LogP contribution is -2.21. The smallest absolute Gasteiger partial charge is 0.216 e. The SMILES string of the molecule is CC(=O)NCCCc1coc2ccc(Br)cc12. The fraction of sp³-hybridized carbons (Fsp3) is 0.308. The Labute approximate surface area is 108 Å². The van der Waals surface area contributed by atoms with Crippen molar-refractivity contribution < 1.29 is 9.21 Å². The Hall–Kier alpha value is -1.29. The number of benzene rings is 1. The molecule has 1 N–H and O–H groups in total. The van der Waals surface area contributed by atoms with Crippen LogP contribution in [0.25, 0.3) is 11.0 Å². The zero-order valence-corrected chi connectivity index (χ0v) is 11.2. The molecule has 3 nitrogen and oxygen atoms in total. The molecule has 0 radical (unpaired) electrons. The van der Waals surface area contributed by atoms with Gasteiger partial charge in [0.2, 0.25) is 5.91 Å². The van der Waals surface area contributed by atoms with Crippen LogP contribution in [0.3, 0.4) is 0 Å². The van der Waals surface area contributed by atoms with E-state index in [1.54, 1.807) is 6.26 Å². The van der Waals surface area contributed by atoms with Gasteiger partial charge in [0.1, 0.15) is 5.58 Å². The van der Waals surface area contributed by atoms with Gasteiger partial charge in [0.05, 0.1) is 6.26 Å². The van der Waals surface area contributed by atoms with Gasteiger partial charge in [0.15, 0.2) is 0 Å². The highest BCUT2D eigenvalue weighted by molar-refractivity contribution is 9.10. The number of furan rings is 1. The van der Waals surface area contributed by atoms with Crippen LogP contribution in [-0.2, 0) is 11.2 Å². The van der Waals surface area contributed by atoms with Gasteiger partial charge < -0.3 is 9.73 Å². The summed E-state index contributed by atoms with van der Waals surface area (Å²) in [7, 11) is 0. The highest BCUT2D eigenvalue weighted by atomic mass is 79.9. The van der Waals surface area contributed by atoms with Crippen molar-refractivity contribution in [3.63, 3.8) is 0 Å². The molecule has 17 heavy (non-hydrogen) atoms. The van der Waals surface area contributed by atoms with Crippen molar-refractivity contribution in [1.82, 2.24) is 5.32 Å². The summed E-state index contributed by atoms with van der Waals surface area (Å²) in [6.07, 6.45) is 3.62. The molecule has 2 aromatic rings. The zero-order chi connectivity index (χ0) is 12.3. The molecule has 0 atom stereocenters. The lowest BCUT2D eigenvalue weighted by atomic mass is 10.1. The van der Waals surface area contributed by atoms with Gasteiger partial charge in [0, 0.05) is 23.3 Å². The predicted molar refractivity (Wildman–Crippen MR) is 70.9 cm³/mol. The summed E-state index contributed by atoms with van der Waals surface area (Å²) >= 11 is 3.45. The minimum atomic E-state index is 0.0183. The number of rotatable bonds is 4. The summed E-state index contributed by atoms with van der Waals surface area (Å²) < 4.78 is 6.52. The summed E-state index contributed by atoms with van der Waals surface area (Å²) in [6, 6.07) is 5.98. The second kappa shape index (κ2) is 5.36. The van der Waals surface area contributed by atoms with E-state index in [0.717, 1.165) is 28.3 Å². The Bertz CT molecular complexity index is 533. The number of carbonyl (C=O) groups is 1. The number of fused-ring (bicyclic) bond motifs is 1. The van der Waals surface area contributed by atoms with Crippen molar-refractivity contribution >= 4 is 32.8 Å². The Morgan fingerprint density at radius 1 is 1.47 bits per heavy atom. The molecule has 1 heterocycles. The molecule has 0 unspecified atom stereocenters. The summed E-state index contributed by atoms with van der Waals surface area (Å²) in [5.74, 6) is 0.0183. The van der Waals surface area contributed by atoms with Gasteiger partial charge in [-0.3, -0.25) is 4.79 Å². The van der Waals surface area contributed by atoms with Crippen LogP contribution in [0.2, 0.25) is 0 Å². The molecule has 0 spiro atoms. The molecule has 1 amide bonds. The molecule has 4 heteroatoms. The summed E-state index contributed by atoms with van der Waals surface area (Å²) in [4.78, 5) is 10.7. The van der Waals surface area contributed by atoms with E-state index in [0.29, 0.717) is 6.54 Å². The molecule has 1 aromatic heterocycles. The Balaban J connectivity index is 2.03. The third kappa shape index (κ3) is 3.09. The fourth-order valence-electron chi connectivity index (χ4n) is 1.79. The fourth-order valence-corrected chi connectivity index (χ4v) is 2.15. The standard InChI is InChI=1S/C13H14BrNO2/c1-9(16)15-6-2-3-10-8-17-13-5-4-11(14)7-12(10)13/h4-5,7-8H,2-3,6H2,1H3,(H,15,16). The third-order valence-electron chi connectivity index (χ3n) is 2.61. The number of halogens is 1. The lowest BCUT2D eigenvalue weighted by Gasteiger charge is -2.01. The molecule has 1 aromatic carbocycles. The maximum Gasteiger partial charge on any atom is 0.216 e. The van der Waals surface area contributed by atoms with Crippen LogP contribution in [-0.4, -0.2) is 12.5 Å². The normalized spacial score (nSPS) is 10.7. The number of aryl methyl sites for hydroxylation is 1. The van der Waals surface area contributed by atoms with Crippen LogP contribution in [0.15, 0.2) is 33.4 Å². The minimum Gasteiger partial charge on any atom is -0.464 e. The van der Waals surface area contributed by atoms with Crippen molar-refractivity contribution in [2.45, 2.75) is 19.8 Å². The molecule has 0 saturated heterocycles. The van der Waals surface area contributed by atoms with Gasteiger partial charge >= 0.3 is 0 Å². The summed E-state index contributed by atoms with van der Waals surface area (Å²) in [6.45, 7) is 2.24. The van der Waals surface area contributed by atoms with E-state index in [1.807, 2.05) is 12.1 Å². The summed E-state index contributed by atoms with van der Waals surface area (Å²) in [5, 5.41) is 3.93. The molecule has 0 bridgehead atoms. The van der Waals surface area contributed by atoms with E-state index < -0.39 is 0 Å². The maximum atomic E-state index is 10.7. The average molecular weight is 296 g/mol. The molecule has 90 valence electrons. The summed E-state index contributed by atoms with van der Waals surface area (Å²) in [5.41, 5.74) is 2.09. The van der Waals surface area contributed by atoms with Crippen LogP contribution < -0.4 is 5.32 Å². The van der Waals surface area contributed by atoms with E-state index in [4.69, 9.17) is 4.42 Å². The molecule has 0 aliphatic carbocycles. The highest BCUT2D eigenvalue weighted by Gasteiger charge is 2.05. The first kappa shape index (κ1) is 12.2. The molecule has 0 aliphatic heterocycles. The second-order valence-corrected chi connectivity index (χ2v) is 4.90. The van der Waals surface area contributed by atoms with Crippen molar-refractivity contribution in [2.24, 2.45) is 0 Å². The van der Waals surface area contributed by atoms with Crippen molar-refractivity contribution in [2.75, 3.05) is 6.54 Å². The Morgan fingerprint density at radius 2 is 2.29 bits per heavy atom. The molecule has 0 saturated carbocycles. The van der Waals surface area contributed by atoms with Gasteiger partial charge in [-0.1, -0.05) is 15.9 Å². The molecular weight excluding hydrogens is 282 g/mol. The molecular formula is C13H14BrNO2. The second-order valence-electron chi connectivity index (χ2n) is 3.99. The Kier molecular flexibility index (Phi) is 3.84. The van der Waals surface area contributed by atoms with Crippen molar-refractivity contribution in [3.8, 4) is 0 Å². The molecule has 0 fully saturated rings. The van der Waals surface area contributed by atoms with E-state index in [2.05, 4.69) is 27.3 Å². The largest absolute Gasteiger partial charge is 0.464 e.